The second-order valence-electron chi connectivity index (χ2n) is 4.66. The van der Waals surface area contributed by atoms with Crippen molar-refractivity contribution in [2.24, 2.45) is 0 Å². The molecule has 1 aliphatic heterocycles. The maximum Gasteiger partial charge on any atom is 0.330 e. The van der Waals surface area contributed by atoms with Gasteiger partial charge < -0.3 is 14.4 Å². The normalized spacial score (nSPS) is 18.8. The molecule has 2 aromatic rings. The van der Waals surface area contributed by atoms with Crippen molar-refractivity contribution in [3.8, 4) is 0 Å². The number of aromatic nitrogens is 2. The number of carbonyl (C=O) groups excluding carboxylic acids is 1. The summed E-state index contributed by atoms with van der Waals surface area (Å²) in [4.78, 5) is 22.7. The summed E-state index contributed by atoms with van der Waals surface area (Å²) in [6.45, 7) is 1.48. The lowest BCUT2D eigenvalue weighted by molar-refractivity contribution is -0.144. The van der Waals surface area contributed by atoms with Gasteiger partial charge in [0.1, 0.15) is 5.52 Å². The standard InChI is InChI=1S/C14H14BrN3O3/c1-20-14(19)12-8-21-5-4-18(12)11-2-3-16-10-6-9(15)7-17-13(10)11/h2-3,6-7,12H,4-5,8H2,1H3. The van der Waals surface area contributed by atoms with Crippen molar-refractivity contribution >= 4 is 38.6 Å². The monoisotopic (exact) mass is 351 g/mol. The average molecular weight is 352 g/mol. The first-order valence-corrected chi connectivity index (χ1v) is 7.32. The first kappa shape index (κ1) is 14.2. The summed E-state index contributed by atoms with van der Waals surface area (Å²) in [5.41, 5.74) is 2.40. The summed E-state index contributed by atoms with van der Waals surface area (Å²) >= 11 is 3.39. The van der Waals surface area contributed by atoms with E-state index in [1.165, 1.54) is 7.11 Å². The lowest BCUT2D eigenvalue weighted by atomic mass is 10.1. The molecule has 1 unspecified atom stereocenters. The Kier molecular flexibility index (Phi) is 4.03. The second kappa shape index (κ2) is 5.95. The predicted molar refractivity (Wildman–Crippen MR) is 81.2 cm³/mol. The molecule has 0 N–H and O–H groups in total. The molecule has 1 atom stereocenters. The molecule has 2 aromatic heterocycles. The molecule has 3 rings (SSSR count). The SMILES string of the molecule is COC(=O)C1COCCN1c1ccnc2cc(Br)cnc12. The molecule has 110 valence electrons. The van der Waals surface area contributed by atoms with Gasteiger partial charge in [-0.15, -0.1) is 0 Å². The Hall–Kier alpha value is -1.73. The van der Waals surface area contributed by atoms with E-state index < -0.39 is 6.04 Å². The van der Waals surface area contributed by atoms with Crippen LogP contribution >= 0.6 is 15.9 Å². The summed E-state index contributed by atoms with van der Waals surface area (Å²) in [6.07, 6.45) is 3.44. The van der Waals surface area contributed by atoms with E-state index in [9.17, 15) is 4.79 Å². The molecule has 3 heterocycles. The number of fused-ring (bicyclic) bond motifs is 1. The zero-order valence-corrected chi connectivity index (χ0v) is 13.0. The van der Waals surface area contributed by atoms with Gasteiger partial charge in [0.05, 0.1) is 31.5 Å². The first-order chi connectivity index (χ1) is 10.2. The van der Waals surface area contributed by atoms with Gasteiger partial charge in [-0.3, -0.25) is 9.97 Å². The molecule has 1 aliphatic rings. The molecule has 1 fully saturated rings. The maximum atomic E-state index is 12.0. The van der Waals surface area contributed by atoms with Crippen LogP contribution in [0.15, 0.2) is 29.0 Å². The van der Waals surface area contributed by atoms with E-state index in [0.29, 0.717) is 19.8 Å². The van der Waals surface area contributed by atoms with Gasteiger partial charge in [0.25, 0.3) is 0 Å². The number of nitrogens with zero attached hydrogens (tertiary/aromatic N) is 3. The van der Waals surface area contributed by atoms with Crippen molar-refractivity contribution in [2.45, 2.75) is 6.04 Å². The Morgan fingerprint density at radius 1 is 1.52 bits per heavy atom. The van der Waals surface area contributed by atoms with Gasteiger partial charge in [-0.1, -0.05) is 0 Å². The van der Waals surface area contributed by atoms with E-state index in [-0.39, 0.29) is 5.97 Å². The fourth-order valence-corrected chi connectivity index (χ4v) is 2.77. The quantitative estimate of drug-likeness (QED) is 0.768. The summed E-state index contributed by atoms with van der Waals surface area (Å²) in [5, 5.41) is 0. The number of pyridine rings is 2. The Morgan fingerprint density at radius 2 is 2.38 bits per heavy atom. The van der Waals surface area contributed by atoms with Gasteiger partial charge in [-0.25, -0.2) is 4.79 Å². The van der Waals surface area contributed by atoms with Gasteiger partial charge >= 0.3 is 5.97 Å². The molecule has 6 nitrogen and oxygen atoms in total. The van der Waals surface area contributed by atoms with Crippen molar-refractivity contribution < 1.29 is 14.3 Å². The Bertz CT molecular complexity index is 680. The highest BCUT2D eigenvalue weighted by atomic mass is 79.9. The molecule has 0 saturated carbocycles. The topological polar surface area (TPSA) is 64.6 Å². The summed E-state index contributed by atoms with van der Waals surface area (Å²) in [5.74, 6) is -0.309. The predicted octanol–water partition coefficient (Wildman–Crippen LogP) is 1.77. The largest absolute Gasteiger partial charge is 0.467 e. The number of hydrogen-bond acceptors (Lipinski definition) is 6. The Morgan fingerprint density at radius 3 is 3.19 bits per heavy atom. The van der Waals surface area contributed by atoms with Crippen LogP contribution in [0.25, 0.3) is 11.0 Å². The van der Waals surface area contributed by atoms with Gasteiger partial charge in [0.15, 0.2) is 6.04 Å². The van der Waals surface area contributed by atoms with Crippen molar-refractivity contribution in [1.82, 2.24) is 9.97 Å². The third-order valence-electron chi connectivity index (χ3n) is 3.43. The minimum absolute atomic E-state index is 0.309. The minimum atomic E-state index is -0.459. The van der Waals surface area contributed by atoms with Crippen LogP contribution in [0.2, 0.25) is 0 Å². The zero-order chi connectivity index (χ0) is 14.8. The van der Waals surface area contributed by atoms with E-state index in [4.69, 9.17) is 9.47 Å². The van der Waals surface area contributed by atoms with Crippen molar-refractivity contribution in [2.75, 3.05) is 31.8 Å². The summed E-state index contributed by atoms with van der Waals surface area (Å²) < 4.78 is 11.1. The number of esters is 1. The van der Waals surface area contributed by atoms with E-state index in [1.807, 2.05) is 17.0 Å². The molecule has 0 amide bonds. The number of morpholine rings is 1. The number of ether oxygens (including phenoxy) is 2. The molecule has 0 aliphatic carbocycles. The number of anilines is 1. The minimum Gasteiger partial charge on any atom is -0.467 e. The molecule has 21 heavy (non-hydrogen) atoms. The van der Waals surface area contributed by atoms with Crippen molar-refractivity contribution in [1.29, 1.82) is 0 Å². The fraction of sp³-hybridized carbons (Fsp3) is 0.357. The number of hydrogen-bond donors (Lipinski definition) is 0. The van der Waals surface area contributed by atoms with Crippen molar-refractivity contribution in [3.63, 3.8) is 0 Å². The molecular formula is C14H14BrN3O3. The average Bonchev–Trinajstić information content (AvgIpc) is 2.53. The smallest absolute Gasteiger partial charge is 0.330 e. The van der Waals surface area contributed by atoms with Crippen LogP contribution in [-0.4, -0.2) is 48.8 Å². The zero-order valence-electron chi connectivity index (χ0n) is 11.5. The van der Waals surface area contributed by atoms with Gasteiger partial charge in [0.2, 0.25) is 0 Å². The first-order valence-electron chi connectivity index (χ1n) is 6.53. The highest BCUT2D eigenvalue weighted by Crippen LogP contribution is 2.28. The molecule has 0 bridgehead atoms. The third-order valence-corrected chi connectivity index (χ3v) is 3.87. The number of rotatable bonds is 2. The Balaban J connectivity index is 2.07. The highest BCUT2D eigenvalue weighted by Gasteiger charge is 2.31. The van der Waals surface area contributed by atoms with E-state index >= 15 is 0 Å². The van der Waals surface area contributed by atoms with Crippen LogP contribution in [0.5, 0.6) is 0 Å². The molecule has 0 spiro atoms. The summed E-state index contributed by atoms with van der Waals surface area (Å²) in [7, 11) is 1.38. The summed E-state index contributed by atoms with van der Waals surface area (Å²) in [6, 6.07) is 3.31. The third kappa shape index (κ3) is 2.71. The lowest BCUT2D eigenvalue weighted by Gasteiger charge is -2.35. The van der Waals surface area contributed by atoms with Crippen LogP contribution in [-0.2, 0) is 14.3 Å². The van der Waals surface area contributed by atoms with E-state index in [2.05, 4.69) is 25.9 Å². The van der Waals surface area contributed by atoms with Gasteiger partial charge in [-0.05, 0) is 28.1 Å². The number of methoxy groups -OCH3 is 1. The molecule has 0 aromatic carbocycles. The van der Waals surface area contributed by atoms with Gasteiger partial charge in [-0.2, -0.15) is 0 Å². The van der Waals surface area contributed by atoms with Crippen LogP contribution in [0, 0.1) is 0 Å². The van der Waals surface area contributed by atoms with Crippen LogP contribution < -0.4 is 4.90 Å². The molecule has 7 heteroatoms. The lowest BCUT2D eigenvalue weighted by Crippen LogP contribution is -2.50. The molecular weight excluding hydrogens is 338 g/mol. The molecule has 1 saturated heterocycles. The van der Waals surface area contributed by atoms with E-state index in [1.54, 1.807) is 12.4 Å². The fourth-order valence-electron chi connectivity index (χ4n) is 2.45. The number of carbonyl (C=O) groups is 1. The second-order valence-corrected chi connectivity index (χ2v) is 5.57. The van der Waals surface area contributed by atoms with Crippen LogP contribution in [0.3, 0.4) is 0 Å². The highest BCUT2D eigenvalue weighted by molar-refractivity contribution is 9.10. The number of halogens is 1. The van der Waals surface area contributed by atoms with Crippen LogP contribution in [0.4, 0.5) is 5.69 Å². The van der Waals surface area contributed by atoms with Gasteiger partial charge in [0, 0.05) is 23.4 Å². The Labute approximate surface area is 130 Å². The van der Waals surface area contributed by atoms with Crippen molar-refractivity contribution in [3.05, 3.63) is 29.0 Å². The van der Waals surface area contributed by atoms with E-state index in [0.717, 1.165) is 21.2 Å². The molecule has 0 radical (unpaired) electrons. The van der Waals surface area contributed by atoms with Crippen LogP contribution in [0.1, 0.15) is 0 Å². The maximum absolute atomic E-state index is 12.0.